The van der Waals surface area contributed by atoms with Gasteiger partial charge in [0.25, 0.3) is 0 Å². The molecule has 0 amide bonds. The summed E-state index contributed by atoms with van der Waals surface area (Å²) in [6, 6.07) is 5.25. The first-order valence-corrected chi connectivity index (χ1v) is 8.05. The van der Waals surface area contributed by atoms with Crippen LogP contribution in [-0.4, -0.2) is 15.2 Å². The largest absolute Gasteiger partial charge is 0.598 e. The number of hydrogen-bond acceptors (Lipinski definition) is 2. The van der Waals surface area contributed by atoms with Gasteiger partial charge < -0.3 is 4.55 Å². The number of hydrogen-bond donors (Lipinski definition) is 1. The van der Waals surface area contributed by atoms with E-state index in [1.807, 2.05) is 20.8 Å². The summed E-state index contributed by atoms with van der Waals surface area (Å²) in [6.07, 6.45) is -0.466. The van der Waals surface area contributed by atoms with Crippen LogP contribution < -0.4 is 4.72 Å². The van der Waals surface area contributed by atoms with E-state index in [1.165, 1.54) is 12.1 Å². The van der Waals surface area contributed by atoms with Gasteiger partial charge in [0.1, 0.15) is 10.6 Å². The van der Waals surface area contributed by atoms with Crippen LogP contribution in [0.3, 0.4) is 0 Å². The van der Waals surface area contributed by atoms with E-state index in [0.717, 1.165) is 0 Å². The first-order valence-electron chi connectivity index (χ1n) is 6.90. The summed E-state index contributed by atoms with van der Waals surface area (Å²) in [6.45, 7) is 5.44. The molecule has 2 rings (SSSR count). The van der Waals surface area contributed by atoms with Gasteiger partial charge in [0, 0.05) is 24.2 Å². The molecule has 2 nitrogen and oxygen atoms in total. The second-order valence-corrected chi connectivity index (χ2v) is 8.55. The third-order valence-corrected chi connectivity index (χ3v) is 5.19. The molecule has 118 valence electrons. The van der Waals surface area contributed by atoms with E-state index in [0.29, 0.717) is 5.56 Å². The highest BCUT2D eigenvalue weighted by Crippen LogP contribution is 2.48. The number of nitrogens with one attached hydrogen (secondary N) is 1. The Morgan fingerprint density at radius 2 is 1.76 bits per heavy atom. The van der Waals surface area contributed by atoms with Crippen LogP contribution in [-0.2, 0) is 11.4 Å². The predicted molar refractivity (Wildman–Crippen MR) is 77.8 cm³/mol. The van der Waals surface area contributed by atoms with Crippen molar-refractivity contribution < 1.29 is 17.7 Å². The van der Waals surface area contributed by atoms with Crippen molar-refractivity contribution in [3.8, 4) is 0 Å². The van der Waals surface area contributed by atoms with E-state index in [-0.39, 0.29) is 24.6 Å². The topological polar surface area (TPSA) is 35.1 Å². The van der Waals surface area contributed by atoms with E-state index >= 15 is 0 Å². The molecule has 1 aliphatic carbocycles. The van der Waals surface area contributed by atoms with E-state index in [9.17, 15) is 17.7 Å². The summed E-state index contributed by atoms with van der Waals surface area (Å²) >= 11 is -1.37. The number of rotatable bonds is 4. The lowest BCUT2D eigenvalue weighted by atomic mass is 9.74. The van der Waals surface area contributed by atoms with Crippen molar-refractivity contribution in [3.63, 3.8) is 0 Å². The Labute approximate surface area is 126 Å². The van der Waals surface area contributed by atoms with Gasteiger partial charge in [-0.1, -0.05) is 12.1 Å². The minimum absolute atomic E-state index is 0.233. The van der Waals surface area contributed by atoms with Gasteiger partial charge in [-0.3, -0.25) is 0 Å². The third kappa shape index (κ3) is 4.14. The summed E-state index contributed by atoms with van der Waals surface area (Å²) in [5, 5.41) is 0. The lowest BCUT2D eigenvalue weighted by Gasteiger charge is -2.41. The fourth-order valence-corrected chi connectivity index (χ4v) is 3.25. The molecule has 0 aromatic heterocycles. The number of benzene rings is 1. The molecular weight excluding hydrogens is 299 g/mol. The maximum absolute atomic E-state index is 13.1. The van der Waals surface area contributed by atoms with Gasteiger partial charge in [-0.2, -0.15) is 0 Å². The summed E-state index contributed by atoms with van der Waals surface area (Å²) in [5.74, 6) is -3.32. The molecule has 21 heavy (non-hydrogen) atoms. The molecule has 6 heteroatoms. The zero-order chi connectivity index (χ0) is 15.8. The molecule has 1 unspecified atom stereocenters. The molecule has 1 fully saturated rings. The van der Waals surface area contributed by atoms with Crippen molar-refractivity contribution >= 4 is 11.4 Å². The smallest absolute Gasteiger partial charge is 0.248 e. The molecule has 1 aliphatic rings. The average molecular weight is 319 g/mol. The van der Waals surface area contributed by atoms with Crippen LogP contribution >= 0.6 is 0 Å². The quantitative estimate of drug-likeness (QED) is 0.853. The Morgan fingerprint density at radius 3 is 2.19 bits per heavy atom. The van der Waals surface area contributed by atoms with Crippen LogP contribution in [0.4, 0.5) is 13.2 Å². The van der Waals surface area contributed by atoms with E-state index in [1.54, 1.807) is 12.1 Å². The molecule has 1 aromatic carbocycles. The summed E-state index contributed by atoms with van der Waals surface area (Å²) in [7, 11) is 0. The van der Waals surface area contributed by atoms with Gasteiger partial charge in [-0.15, -0.1) is 4.72 Å². The van der Waals surface area contributed by atoms with Gasteiger partial charge in [-0.25, -0.2) is 13.2 Å². The van der Waals surface area contributed by atoms with Crippen LogP contribution in [0.2, 0.25) is 0 Å². The monoisotopic (exact) mass is 319 g/mol. The molecule has 2 atom stereocenters. The second-order valence-electron chi connectivity index (χ2n) is 6.55. The maximum atomic E-state index is 13.1. The molecule has 0 radical (unpaired) electrons. The minimum atomic E-state index is -2.64. The van der Waals surface area contributed by atoms with Crippen molar-refractivity contribution in [2.75, 3.05) is 0 Å². The van der Waals surface area contributed by atoms with Crippen LogP contribution in [0.5, 0.6) is 0 Å². The molecule has 0 heterocycles. The molecule has 0 aliphatic heterocycles. The Hall–Kier alpha value is -0.720. The predicted octanol–water partition coefficient (Wildman–Crippen LogP) is 3.96. The van der Waals surface area contributed by atoms with Gasteiger partial charge >= 0.3 is 0 Å². The fraction of sp³-hybridized carbons (Fsp3) is 0.600. The molecule has 0 spiro atoms. The van der Waals surface area contributed by atoms with E-state index < -0.39 is 28.1 Å². The van der Waals surface area contributed by atoms with Crippen LogP contribution in [0.1, 0.15) is 45.2 Å². The van der Waals surface area contributed by atoms with E-state index in [2.05, 4.69) is 4.72 Å². The molecular formula is C15H20F3NOS. The molecule has 0 saturated heterocycles. The van der Waals surface area contributed by atoms with Gasteiger partial charge in [0.05, 0.1) is 6.04 Å². The minimum Gasteiger partial charge on any atom is -0.598 e. The molecule has 0 bridgehead atoms. The van der Waals surface area contributed by atoms with Gasteiger partial charge in [-0.05, 0) is 44.4 Å². The molecule has 1 aromatic rings. The number of halogens is 3. The zero-order valence-corrected chi connectivity index (χ0v) is 13.1. The van der Waals surface area contributed by atoms with Crippen LogP contribution in [0.15, 0.2) is 24.3 Å². The van der Waals surface area contributed by atoms with Crippen LogP contribution in [0.25, 0.3) is 0 Å². The summed E-state index contributed by atoms with van der Waals surface area (Å²) < 4.78 is 54.0. The summed E-state index contributed by atoms with van der Waals surface area (Å²) in [5.41, 5.74) is 0.689. The highest BCUT2D eigenvalue weighted by Gasteiger charge is 2.50. The van der Waals surface area contributed by atoms with Crippen molar-refractivity contribution in [1.29, 1.82) is 0 Å². The Bertz CT molecular complexity index is 479. The molecule has 1 saturated carbocycles. The number of alkyl halides is 2. The SMILES string of the molecule is CC(C)(C)[S+]([O-])N[C@H](c1ccc(F)cc1)C1CC(F)(F)C1. The van der Waals surface area contributed by atoms with Crippen molar-refractivity contribution in [3.05, 3.63) is 35.6 Å². The van der Waals surface area contributed by atoms with Crippen molar-refractivity contribution in [1.82, 2.24) is 4.72 Å². The fourth-order valence-electron chi connectivity index (χ4n) is 2.34. The second kappa shape index (κ2) is 5.82. The highest BCUT2D eigenvalue weighted by molar-refractivity contribution is 7.90. The maximum Gasteiger partial charge on any atom is 0.248 e. The Kier molecular flexibility index (Phi) is 4.61. The Morgan fingerprint density at radius 1 is 1.24 bits per heavy atom. The average Bonchev–Trinajstić information content (AvgIpc) is 2.33. The van der Waals surface area contributed by atoms with Crippen molar-refractivity contribution in [2.45, 2.75) is 50.3 Å². The first kappa shape index (κ1) is 16.6. The summed E-state index contributed by atoms with van der Waals surface area (Å²) in [4.78, 5) is 0. The lowest BCUT2D eigenvalue weighted by molar-refractivity contribution is -0.118. The molecule has 1 N–H and O–H groups in total. The standard InChI is InChI=1S/C15H20F3NOS/c1-14(2,3)21(20)19-13(11-8-15(17,18)9-11)10-4-6-12(16)7-5-10/h4-7,11,13,19H,8-9H2,1-3H3/t13-,21?/m1/s1. The van der Waals surface area contributed by atoms with E-state index in [4.69, 9.17) is 0 Å². The highest BCUT2D eigenvalue weighted by atomic mass is 32.2. The first-order chi connectivity index (χ1) is 9.58. The van der Waals surface area contributed by atoms with Gasteiger partial charge in [0.15, 0.2) is 0 Å². The van der Waals surface area contributed by atoms with Gasteiger partial charge in [0.2, 0.25) is 5.92 Å². The third-order valence-electron chi connectivity index (χ3n) is 3.61. The lowest BCUT2D eigenvalue weighted by Crippen LogP contribution is -2.48. The van der Waals surface area contributed by atoms with Crippen LogP contribution in [0, 0.1) is 11.7 Å². The van der Waals surface area contributed by atoms with Crippen molar-refractivity contribution in [2.24, 2.45) is 5.92 Å². The normalized spacial score (nSPS) is 21.7. The Balaban J connectivity index is 2.17. The zero-order valence-electron chi connectivity index (χ0n) is 12.3.